The summed E-state index contributed by atoms with van der Waals surface area (Å²) in [5.74, 6) is -0.752. The van der Waals surface area contributed by atoms with Crippen LogP contribution in [0.4, 0.5) is 0 Å². The highest BCUT2D eigenvalue weighted by Crippen LogP contribution is 2.20. The summed E-state index contributed by atoms with van der Waals surface area (Å²) >= 11 is 0. The minimum absolute atomic E-state index is 0.0973. The first kappa shape index (κ1) is 16.0. The Morgan fingerprint density at radius 3 is 2.58 bits per heavy atom. The minimum atomic E-state index is -0.647. The van der Waals surface area contributed by atoms with Crippen LogP contribution in [0.2, 0.25) is 0 Å². The number of amides is 1. The summed E-state index contributed by atoms with van der Waals surface area (Å²) in [6.45, 7) is 8.67. The van der Waals surface area contributed by atoms with Gasteiger partial charge in [0, 0.05) is 25.6 Å². The molecule has 0 saturated carbocycles. The van der Waals surface area contributed by atoms with Gasteiger partial charge in [-0.25, -0.2) is 0 Å². The molecule has 0 bridgehead atoms. The van der Waals surface area contributed by atoms with Gasteiger partial charge in [0.2, 0.25) is 5.91 Å². The SMILES string of the molecule is CCOC[C@@H]1CCN(C(=O)[C@@H](CC)C(=O)OCC)C1. The van der Waals surface area contributed by atoms with E-state index in [2.05, 4.69) is 0 Å². The second-order valence-electron chi connectivity index (χ2n) is 4.81. The molecule has 110 valence electrons. The molecule has 1 rings (SSSR count). The van der Waals surface area contributed by atoms with Crippen molar-refractivity contribution < 1.29 is 19.1 Å². The summed E-state index contributed by atoms with van der Waals surface area (Å²) in [7, 11) is 0. The number of carbonyl (C=O) groups is 2. The zero-order chi connectivity index (χ0) is 14.3. The Morgan fingerprint density at radius 1 is 1.26 bits per heavy atom. The highest BCUT2D eigenvalue weighted by atomic mass is 16.5. The predicted molar refractivity (Wildman–Crippen MR) is 71.6 cm³/mol. The summed E-state index contributed by atoms with van der Waals surface area (Å²) < 4.78 is 10.3. The molecule has 0 radical (unpaired) electrons. The smallest absolute Gasteiger partial charge is 0.318 e. The van der Waals surface area contributed by atoms with Crippen molar-refractivity contribution in [3.8, 4) is 0 Å². The standard InChI is InChI=1S/C14H25NO4/c1-4-12(14(17)19-6-3)13(16)15-8-7-11(9-15)10-18-5-2/h11-12H,4-10H2,1-3H3/t11-,12-/m1/s1. The van der Waals surface area contributed by atoms with E-state index in [1.165, 1.54) is 0 Å². The number of nitrogens with zero attached hydrogens (tertiary/aromatic N) is 1. The average Bonchev–Trinajstić information content (AvgIpc) is 2.86. The lowest BCUT2D eigenvalue weighted by Gasteiger charge is -2.21. The topological polar surface area (TPSA) is 55.8 Å². The molecule has 5 nitrogen and oxygen atoms in total. The van der Waals surface area contributed by atoms with Gasteiger partial charge in [0.15, 0.2) is 0 Å². The van der Waals surface area contributed by atoms with Crippen LogP contribution < -0.4 is 0 Å². The molecule has 1 amide bonds. The largest absolute Gasteiger partial charge is 0.465 e. The van der Waals surface area contributed by atoms with Crippen LogP contribution in [0.25, 0.3) is 0 Å². The van der Waals surface area contributed by atoms with Crippen LogP contribution in [0, 0.1) is 11.8 Å². The van der Waals surface area contributed by atoms with Crippen molar-refractivity contribution in [2.45, 2.75) is 33.6 Å². The summed E-state index contributed by atoms with van der Waals surface area (Å²) in [6.07, 6.45) is 1.44. The lowest BCUT2D eigenvalue weighted by Crippen LogP contribution is -2.38. The maximum absolute atomic E-state index is 12.3. The third-order valence-electron chi connectivity index (χ3n) is 3.43. The molecule has 0 spiro atoms. The average molecular weight is 271 g/mol. The van der Waals surface area contributed by atoms with Crippen LogP contribution >= 0.6 is 0 Å². The maximum Gasteiger partial charge on any atom is 0.318 e. The van der Waals surface area contributed by atoms with Crippen LogP contribution in [0.5, 0.6) is 0 Å². The van der Waals surface area contributed by atoms with Gasteiger partial charge in [-0.05, 0) is 26.7 Å². The molecule has 1 heterocycles. The van der Waals surface area contributed by atoms with Gasteiger partial charge in [0.25, 0.3) is 0 Å². The molecule has 2 atom stereocenters. The van der Waals surface area contributed by atoms with Gasteiger partial charge >= 0.3 is 5.97 Å². The van der Waals surface area contributed by atoms with E-state index in [4.69, 9.17) is 9.47 Å². The van der Waals surface area contributed by atoms with Crippen LogP contribution in [-0.4, -0.2) is 49.7 Å². The Kier molecular flexibility index (Phi) is 6.84. The molecule has 0 aromatic heterocycles. The number of hydrogen-bond acceptors (Lipinski definition) is 4. The number of likely N-dealkylation sites (tertiary alicyclic amines) is 1. The second kappa shape index (κ2) is 8.15. The molecule has 0 aliphatic carbocycles. The Hall–Kier alpha value is -1.10. The van der Waals surface area contributed by atoms with Crippen molar-refractivity contribution in [3.63, 3.8) is 0 Å². The van der Waals surface area contributed by atoms with Crippen LogP contribution in [0.15, 0.2) is 0 Å². The van der Waals surface area contributed by atoms with Gasteiger partial charge < -0.3 is 14.4 Å². The van der Waals surface area contributed by atoms with E-state index >= 15 is 0 Å². The second-order valence-corrected chi connectivity index (χ2v) is 4.81. The number of esters is 1. The molecule has 1 aliphatic rings. The van der Waals surface area contributed by atoms with Gasteiger partial charge in [0.1, 0.15) is 5.92 Å². The van der Waals surface area contributed by atoms with E-state index in [9.17, 15) is 9.59 Å². The number of ether oxygens (including phenoxy) is 2. The molecule has 0 aromatic rings. The third kappa shape index (κ3) is 4.49. The van der Waals surface area contributed by atoms with Crippen molar-refractivity contribution in [1.29, 1.82) is 0 Å². The molecule has 19 heavy (non-hydrogen) atoms. The zero-order valence-corrected chi connectivity index (χ0v) is 12.2. The quantitative estimate of drug-likeness (QED) is 0.519. The lowest BCUT2D eigenvalue weighted by atomic mass is 10.1. The van der Waals surface area contributed by atoms with Crippen molar-refractivity contribution >= 4 is 11.9 Å². The van der Waals surface area contributed by atoms with Gasteiger partial charge in [0.05, 0.1) is 13.2 Å². The first-order valence-electron chi connectivity index (χ1n) is 7.17. The Labute approximate surface area is 115 Å². The van der Waals surface area contributed by atoms with Crippen LogP contribution in [-0.2, 0) is 19.1 Å². The van der Waals surface area contributed by atoms with Crippen molar-refractivity contribution in [1.82, 2.24) is 4.90 Å². The Morgan fingerprint density at radius 2 is 2.00 bits per heavy atom. The molecule has 1 fully saturated rings. The number of rotatable bonds is 7. The van der Waals surface area contributed by atoms with Gasteiger partial charge in [-0.1, -0.05) is 6.92 Å². The molecule has 0 N–H and O–H groups in total. The van der Waals surface area contributed by atoms with Crippen molar-refractivity contribution in [2.24, 2.45) is 11.8 Å². The van der Waals surface area contributed by atoms with E-state index in [0.717, 1.165) is 6.42 Å². The van der Waals surface area contributed by atoms with Crippen LogP contribution in [0.3, 0.4) is 0 Å². The molecular weight excluding hydrogens is 246 g/mol. The Bertz CT molecular complexity index is 306. The molecule has 1 aliphatic heterocycles. The lowest BCUT2D eigenvalue weighted by molar-refractivity contribution is -0.155. The van der Waals surface area contributed by atoms with E-state index in [1.807, 2.05) is 13.8 Å². The first-order valence-corrected chi connectivity index (χ1v) is 7.17. The van der Waals surface area contributed by atoms with E-state index in [0.29, 0.717) is 45.2 Å². The van der Waals surface area contributed by atoms with Gasteiger partial charge in [-0.15, -0.1) is 0 Å². The molecule has 1 saturated heterocycles. The minimum Gasteiger partial charge on any atom is -0.465 e. The summed E-state index contributed by atoms with van der Waals surface area (Å²) in [6, 6.07) is 0. The normalized spacial score (nSPS) is 20.4. The molecule has 0 unspecified atom stereocenters. The van der Waals surface area contributed by atoms with E-state index in [-0.39, 0.29) is 5.91 Å². The zero-order valence-electron chi connectivity index (χ0n) is 12.2. The molecular formula is C14H25NO4. The Balaban J connectivity index is 2.50. The summed E-state index contributed by atoms with van der Waals surface area (Å²) in [5, 5.41) is 0. The van der Waals surface area contributed by atoms with Crippen molar-refractivity contribution in [3.05, 3.63) is 0 Å². The molecule has 5 heteroatoms. The number of hydrogen-bond donors (Lipinski definition) is 0. The predicted octanol–water partition coefficient (Wildman–Crippen LogP) is 1.46. The van der Waals surface area contributed by atoms with E-state index in [1.54, 1.807) is 11.8 Å². The van der Waals surface area contributed by atoms with Gasteiger partial charge in [-0.2, -0.15) is 0 Å². The van der Waals surface area contributed by atoms with Gasteiger partial charge in [-0.3, -0.25) is 9.59 Å². The summed E-state index contributed by atoms with van der Waals surface area (Å²) in [5.41, 5.74) is 0. The molecule has 0 aromatic carbocycles. The first-order chi connectivity index (χ1) is 9.13. The van der Waals surface area contributed by atoms with Crippen LogP contribution in [0.1, 0.15) is 33.6 Å². The maximum atomic E-state index is 12.3. The van der Waals surface area contributed by atoms with Crippen molar-refractivity contribution in [2.75, 3.05) is 32.9 Å². The fraction of sp³-hybridized carbons (Fsp3) is 0.857. The third-order valence-corrected chi connectivity index (χ3v) is 3.43. The van der Waals surface area contributed by atoms with E-state index < -0.39 is 11.9 Å². The number of carbonyl (C=O) groups excluding carboxylic acids is 2. The fourth-order valence-electron chi connectivity index (χ4n) is 2.36. The highest BCUT2D eigenvalue weighted by Gasteiger charge is 2.34. The summed E-state index contributed by atoms with van der Waals surface area (Å²) in [4.78, 5) is 25.8. The highest BCUT2D eigenvalue weighted by molar-refractivity contribution is 5.97. The monoisotopic (exact) mass is 271 g/mol. The fourth-order valence-corrected chi connectivity index (χ4v) is 2.36.